The molecule has 108 valence electrons. The first-order valence-corrected chi connectivity index (χ1v) is 8.78. The zero-order valence-corrected chi connectivity index (χ0v) is 13.4. The molecule has 1 N–H and O–H groups in total. The van der Waals surface area contributed by atoms with E-state index >= 15 is 0 Å². The minimum Gasteiger partial charge on any atom is -0.466 e. The summed E-state index contributed by atoms with van der Waals surface area (Å²) in [6, 6.07) is 0.427. The summed E-state index contributed by atoms with van der Waals surface area (Å²) in [6.45, 7) is 4.42. The third kappa shape index (κ3) is 6.82. The van der Waals surface area contributed by atoms with Crippen molar-refractivity contribution in [2.24, 2.45) is 0 Å². The van der Waals surface area contributed by atoms with Crippen LogP contribution in [0.25, 0.3) is 0 Å². The van der Waals surface area contributed by atoms with Gasteiger partial charge >= 0.3 is 5.97 Å². The van der Waals surface area contributed by atoms with E-state index in [1.54, 1.807) is 11.3 Å². The van der Waals surface area contributed by atoms with Gasteiger partial charge in [0.1, 0.15) is 0 Å². The number of aromatic nitrogens is 1. The number of nitrogens with one attached hydrogen (secondary N) is 1. The fourth-order valence-electron chi connectivity index (χ4n) is 1.53. The van der Waals surface area contributed by atoms with Gasteiger partial charge in [0.25, 0.3) is 0 Å². The number of carbonyl (C=O) groups excluding carboxylic acids is 1. The molecule has 0 radical (unpaired) electrons. The van der Waals surface area contributed by atoms with Crippen molar-refractivity contribution in [2.75, 3.05) is 23.9 Å². The molecule has 6 heteroatoms. The van der Waals surface area contributed by atoms with E-state index in [4.69, 9.17) is 4.74 Å². The number of hydrogen-bond acceptors (Lipinski definition) is 6. The Labute approximate surface area is 123 Å². The van der Waals surface area contributed by atoms with Gasteiger partial charge in [0.05, 0.1) is 18.7 Å². The Morgan fingerprint density at radius 1 is 1.63 bits per heavy atom. The molecule has 0 saturated heterocycles. The number of anilines is 1. The van der Waals surface area contributed by atoms with Crippen LogP contribution in [0.3, 0.4) is 0 Å². The van der Waals surface area contributed by atoms with Gasteiger partial charge in [-0.05, 0) is 32.3 Å². The third-order valence-corrected chi connectivity index (χ3v) is 4.03. The predicted octanol–water partition coefficient (Wildman–Crippen LogP) is 3.19. The predicted molar refractivity (Wildman–Crippen MR) is 83.2 cm³/mol. The molecular weight excluding hydrogens is 280 g/mol. The number of thioether (sulfide) groups is 1. The van der Waals surface area contributed by atoms with E-state index in [1.165, 1.54) is 0 Å². The van der Waals surface area contributed by atoms with Gasteiger partial charge in [0.2, 0.25) is 0 Å². The molecule has 0 saturated carbocycles. The molecule has 19 heavy (non-hydrogen) atoms. The molecule has 1 rings (SSSR count). The topological polar surface area (TPSA) is 51.2 Å². The van der Waals surface area contributed by atoms with Gasteiger partial charge in [-0.1, -0.05) is 0 Å². The fourth-order valence-corrected chi connectivity index (χ4v) is 2.98. The third-order valence-electron chi connectivity index (χ3n) is 2.57. The van der Waals surface area contributed by atoms with Crippen LogP contribution in [0.4, 0.5) is 5.13 Å². The van der Waals surface area contributed by atoms with Crippen molar-refractivity contribution in [2.45, 2.75) is 39.2 Å². The monoisotopic (exact) mass is 302 g/mol. The quantitative estimate of drug-likeness (QED) is 0.710. The second-order valence-corrected chi connectivity index (χ2v) is 6.12. The lowest BCUT2D eigenvalue weighted by molar-refractivity contribution is -0.143. The van der Waals surface area contributed by atoms with Crippen LogP contribution in [-0.4, -0.2) is 35.6 Å². The Bertz CT molecular complexity index is 382. The van der Waals surface area contributed by atoms with E-state index < -0.39 is 0 Å². The van der Waals surface area contributed by atoms with Gasteiger partial charge in [0, 0.05) is 17.8 Å². The first kappa shape index (κ1) is 16.3. The van der Waals surface area contributed by atoms with Gasteiger partial charge < -0.3 is 10.1 Å². The standard InChI is InChI=1S/C13H22N2O2S2/c1-4-17-12(16)6-5-11-9-19-13(15-11)14-10(2)7-8-18-3/h9-10H,4-8H2,1-3H3,(H,14,15). The van der Waals surface area contributed by atoms with Gasteiger partial charge in [-0.25, -0.2) is 4.98 Å². The van der Waals surface area contributed by atoms with Crippen LogP contribution in [0.2, 0.25) is 0 Å². The molecule has 0 spiro atoms. The highest BCUT2D eigenvalue weighted by molar-refractivity contribution is 7.98. The van der Waals surface area contributed by atoms with E-state index in [0.717, 1.165) is 23.0 Å². The second kappa shape index (κ2) is 9.20. The minimum atomic E-state index is -0.154. The Kier molecular flexibility index (Phi) is 7.90. The van der Waals surface area contributed by atoms with Crippen LogP contribution < -0.4 is 5.32 Å². The number of thiazole rings is 1. The Hall–Kier alpha value is -0.750. The second-order valence-electron chi connectivity index (χ2n) is 4.28. The molecule has 1 unspecified atom stereocenters. The molecule has 0 amide bonds. The van der Waals surface area contributed by atoms with Crippen LogP contribution in [0.15, 0.2) is 5.38 Å². The Morgan fingerprint density at radius 3 is 3.11 bits per heavy atom. The normalized spacial score (nSPS) is 12.2. The first-order valence-electron chi connectivity index (χ1n) is 6.51. The lowest BCUT2D eigenvalue weighted by Gasteiger charge is -2.11. The number of nitrogens with zero attached hydrogens (tertiary/aromatic N) is 1. The maximum absolute atomic E-state index is 11.3. The van der Waals surface area contributed by atoms with Gasteiger partial charge in [-0.3, -0.25) is 4.79 Å². The lowest BCUT2D eigenvalue weighted by Crippen LogP contribution is -2.15. The highest BCUT2D eigenvalue weighted by atomic mass is 32.2. The van der Waals surface area contributed by atoms with Crippen LogP contribution in [0.1, 0.15) is 32.4 Å². The SMILES string of the molecule is CCOC(=O)CCc1csc(NC(C)CCSC)n1. The molecule has 0 bridgehead atoms. The Morgan fingerprint density at radius 2 is 2.42 bits per heavy atom. The fraction of sp³-hybridized carbons (Fsp3) is 0.692. The van der Waals surface area contributed by atoms with Crippen molar-refractivity contribution in [1.82, 2.24) is 4.98 Å². The van der Waals surface area contributed by atoms with Crippen LogP contribution >= 0.6 is 23.1 Å². The summed E-state index contributed by atoms with van der Waals surface area (Å²) in [5.74, 6) is 0.994. The van der Waals surface area contributed by atoms with Crippen molar-refractivity contribution >= 4 is 34.2 Å². The summed E-state index contributed by atoms with van der Waals surface area (Å²) in [4.78, 5) is 15.7. The molecule has 1 aromatic rings. The summed E-state index contributed by atoms with van der Waals surface area (Å²) in [7, 11) is 0. The number of esters is 1. The van der Waals surface area contributed by atoms with Crippen LogP contribution in [0.5, 0.6) is 0 Å². The number of hydrogen-bond donors (Lipinski definition) is 1. The lowest BCUT2D eigenvalue weighted by atomic mass is 10.2. The molecule has 1 atom stereocenters. The summed E-state index contributed by atoms with van der Waals surface area (Å²) in [5, 5.41) is 6.33. The molecule has 1 heterocycles. The summed E-state index contributed by atoms with van der Waals surface area (Å²) < 4.78 is 4.90. The molecule has 0 aromatic carbocycles. The number of aryl methyl sites for hydroxylation is 1. The van der Waals surface area contributed by atoms with Gasteiger partial charge in [0.15, 0.2) is 5.13 Å². The molecule has 0 fully saturated rings. The molecule has 0 aliphatic heterocycles. The minimum absolute atomic E-state index is 0.154. The molecular formula is C13H22N2O2S2. The molecule has 1 aromatic heterocycles. The van der Waals surface area contributed by atoms with Gasteiger partial charge in [-0.15, -0.1) is 11.3 Å². The highest BCUT2D eigenvalue weighted by Crippen LogP contribution is 2.18. The zero-order chi connectivity index (χ0) is 14.1. The largest absolute Gasteiger partial charge is 0.466 e. The van der Waals surface area contributed by atoms with Crippen molar-refractivity contribution in [3.63, 3.8) is 0 Å². The maximum Gasteiger partial charge on any atom is 0.306 e. The van der Waals surface area contributed by atoms with Crippen molar-refractivity contribution in [3.8, 4) is 0 Å². The van der Waals surface area contributed by atoms with Crippen LogP contribution in [0, 0.1) is 0 Å². The van der Waals surface area contributed by atoms with Gasteiger partial charge in [-0.2, -0.15) is 11.8 Å². The maximum atomic E-state index is 11.3. The van der Waals surface area contributed by atoms with Crippen LogP contribution in [-0.2, 0) is 16.0 Å². The Balaban J connectivity index is 2.33. The zero-order valence-electron chi connectivity index (χ0n) is 11.8. The number of rotatable bonds is 9. The highest BCUT2D eigenvalue weighted by Gasteiger charge is 2.08. The molecule has 0 aliphatic rings. The average Bonchev–Trinajstić information content (AvgIpc) is 2.82. The van der Waals surface area contributed by atoms with Crippen molar-refractivity contribution in [1.29, 1.82) is 0 Å². The van der Waals surface area contributed by atoms with Crippen molar-refractivity contribution < 1.29 is 9.53 Å². The average molecular weight is 302 g/mol. The molecule has 4 nitrogen and oxygen atoms in total. The summed E-state index contributed by atoms with van der Waals surface area (Å²) in [6.07, 6.45) is 4.29. The number of carbonyl (C=O) groups is 1. The number of ether oxygens (including phenoxy) is 1. The summed E-state index contributed by atoms with van der Waals surface area (Å²) >= 11 is 3.45. The van der Waals surface area contributed by atoms with Crippen molar-refractivity contribution in [3.05, 3.63) is 11.1 Å². The van der Waals surface area contributed by atoms with E-state index in [-0.39, 0.29) is 5.97 Å². The van der Waals surface area contributed by atoms with E-state index in [9.17, 15) is 4.79 Å². The molecule has 0 aliphatic carbocycles. The van der Waals surface area contributed by atoms with E-state index in [0.29, 0.717) is 25.5 Å². The van der Waals surface area contributed by atoms with E-state index in [1.807, 2.05) is 24.1 Å². The first-order chi connectivity index (χ1) is 9.15. The summed E-state index contributed by atoms with van der Waals surface area (Å²) in [5.41, 5.74) is 0.956. The van der Waals surface area contributed by atoms with E-state index in [2.05, 4.69) is 23.5 Å². The smallest absolute Gasteiger partial charge is 0.306 e.